The van der Waals surface area contributed by atoms with Crippen molar-refractivity contribution in [3.05, 3.63) is 29.8 Å². The van der Waals surface area contributed by atoms with Crippen LogP contribution in [0, 0.1) is 0 Å². The van der Waals surface area contributed by atoms with E-state index in [1.54, 1.807) is 7.11 Å². The lowest BCUT2D eigenvalue weighted by Crippen LogP contribution is -2.28. The van der Waals surface area contributed by atoms with Crippen molar-refractivity contribution in [2.45, 2.75) is 71.4 Å². The summed E-state index contributed by atoms with van der Waals surface area (Å²) in [7, 11) is 1.72. The second kappa shape index (κ2) is 9.82. The number of hydrogen-bond donors (Lipinski definition) is 1. The maximum atomic E-state index is 5.28. The van der Waals surface area contributed by atoms with Gasteiger partial charge in [-0.05, 0) is 38.0 Å². The average molecular weight is 277 g/mol. The monoisotopic (exact) mass is 277 g/mol. The largest absolute Gasteiger partial charge is 0.497 e. The zero-order valence-electron chi connectivity index (χ0n) is 13.6. The van der Waals surface area contributed by atoms with Crippen LogP contribution in [0.4, 0.5) is 0 Å². The smallest absolute Gasteiger partial charge is 0.119 e. The second-order valence-corrected chi connectivity index (χ2v) is 5.77. The molecule has 1 unspecified atom stereocenters. The Hall–Kier alpha value is -1.02. The van der Waals surface area contributed by atoms with Crippen LogP contribution in [0.25, 0.3) is 0 Å². The van der Waals surface area contributed by atoms with Crippen LogP contribution in [0.3, 0.4) is 0 Å². The van der Waals surface area contributed by atoms with Crippen molar-refractivity contribution in [3.63, 3.8) is 0 Å². The molecule has 2 nitrogen and oxygen atoms in total. The van der Waals surface area contributed by atoms with Gasteiger partial charge in [0.05, 0.1) is 7.11 Å². The lowest BCUT2D eigenvalue weighted by Gasteiger charge is -2.20. The average Bonchev–Trinajstić information content (AvgIpc) is 2.47. The molecule has 114 valence electrons. The van der Waals surface area contributed by atoms with Crippen LogP contribution in [-0.4, -0.2) is 13.2 Å². The van der Waals surface area contributed by atoms with Gasteiger partial charge in [0.1, 0.15) is 5.75 Å². The summed E-state index contributed by atoms with van der Waals surface area (Å²) in [5.74, 6) is 0.934. The Morgan fingerprint density at radius 2 is 1.85 bits per heavy atom. The highest BCUT2D eigenvalue weighted by Crippen LogP contribution is 2.19. The van der Waals surface area contributed by atoms with Gasteiger partial charge in [0.25, 0.3) is 0 Å². The number of rotatable bonds is 10. The highest BCUT2D eigenvalue weighted by Gasteiger charge is 2.09. The van der Waals surface area contributed by atoms with Crippen molar-refractivity contribution in [2.75, 3.05) is 7.11 Å². The van der Waals surface area contributed by atoms with E-state index in [4.69, 9.17) is 4.74 Å². The Morgan fingerprint density at radius 1 is 1.10 bits per heavy atom. The third kappa shape index (κ3) is 6.42. The molecule has 0 saturated carbocycles. The number of nitrogens with one attached hydrogen (secondary N) is 1. The predicted octanol–water partition coefficient (Wildman–Crippen LogP) is 5.09. The van der Waals surface area contributed by atoms with Crippen molar-refractivity contribution in [1.29, 1.82) is 0 Å². The van der Waals surface area contributed by atoms with E-state index in [0.717, 1.165) is 5.75 Å². The van der Waals surface area contributed by atoms with Gasteiger partial charge in [-0.15, -0.1) is 0 Å². The van der Waals surface area contributed by atoms with Gasteiger partial charge in [0, 0.05) is 12.1 Å². The first-order chi connectivity index (χ1) is 9.67. The van der Waals surface area contributed by atoms with Crippen LogP contribution in [0.5, 0.6) is 5.75 Å². The van der Waals surface area contributed by atoms with E-state index in [1.807, 2.05) is 6.07 Å². The molecule has 0 radical (unpaired) electrons. The molecular weight excluding hydrogens is 246 g/mol. The summed E-state index contributed by atoms with van der Waals surface area (Å²) in [5.41, 5.74) is 1.29. The summed E-state index contributed by atoms with van der Waals surface area (Å²) in [6.45, 7) is 6.78. The minimum absolute atomic E-state index is 0.371. The maximum absolute atomic E-state index is 5.28. The lowest BCUT2D eigenvalue weighted by molar-refractivity contribution is 0.410. The highest BCUT2D eigenvalue weighted by molar-refractivity contribution is 5.30. The Morgan fingerprint density at radius 3 is 2.55 bits per heavy atom. The molecule has 0 aliphatic rings. The molecule has 0 bridgehead atoms. The second-order valence-electron chi connectivity index (χ2n) is 5.77. The number of methoxy groups -OCH3 is 1. The molecule has 20 heavy (non-hydrogen) atoms. The van der Waals surface area contributed by atoms with Gasteiger partial charge in [0.2, 0.25) is 0 Å². The van der Waals surface area contributed by atoms with E-state index in [9.17, 15) is 0 Å². The fraction of sp³-hybridized carbons (Fsp3) is 0.667. The van der Waals surface area contributed by atoms with Gasteiger partial charge in [-0.2, -0.15) is 0 Å². The molecule has 0 fully saturated rings. The molecule has 1 aromatic carbocycles. The first-order valence-corrected chi connectivity index (χ1v) is 8.07. The minimum atomic E-state index is 0.371. The molecule has 0 aromatic heterocycles. The van der Waals surface area contributed by atoms with Crippen LogP contribution in [0.1, 0.15) is 70.9 Å². The topological polar surface area (TPSA) is 21.3 Å². The molecule has 1 N–H and O–H groups in total. The molecule has 0 spiro atoms. The zero-order chi connectivity index (χ0) is 14.8. The number of unbranched alkanes of at least 4 members (excludes halogenated alkanes) is 4. The maximum Gasteiger partial charge on any atom is 0.119 e. The third-order valence-corrected chi connectivity index (χ3v) is 3.87. The summed E-state index contributed by atoms with van der Waals surface area (Å²) in [6.07, 6.45) is 8.04. The molecular formula is C18H31NO. The fourth-order valence-electron chi connectivity index (χ4n) is 2.57. The van der Waals surface area contributed by atoms with Gasteiger partial charge in [0.15, 0.2) is 0 Å². The zero-order valence-corrected chi connectivity index (χ0v) is 13.6. The number of ether oxygens (including phenoxy) is 1. The van der Waals surface area contributed by atoms with E-state index in [0.29, 0.717) is 12.1 Å². The molecule has 1 rings (SSSR count). The number of hydrogen-bond acceptors (Lipinski definition) is 2. The van der Waals surface area contributed by atoms with E-state index in [-0.39, 0.29) is 0 Å². The van der Waals surface area contributed by atoms with E-state index in [2.05, 4.69) is 44.3 Å². The molecule has 1 aromatic rings. The standard InChI is InChI=1S/C18H31NO/c1-5-6-7-8-9-11-15(2)19-16(3)17-12-10-13-18(14-17)20-4/h10,12-16,19H,5-9,11H2,1-4H3/t15?,16-/m1/s1. The Balaban J connectivity index is 2.31. The quantitative estimate of drug-likeness (QED) is 0.601. The normalized spacial score (nSPS) is 14.0. The highest BCUT2D eigenvalue weighted by atomic mass is 16.5. The summed E-state index contributed by atoms with van der Waals surface area (Å²) in [5, 5.41) is 3.68. The SMILES string of the molecule is CCCCCCCC(C)N[C@H](C)c1cccc(OC)c1. The molecule has 2 heteroatoms. The first kappa shape index (κ1) is 17.0. The Kier molecular flexibility index (Phi) is 8.36. The van der Waals surface area contributed by atoms with E-state index < -0.39 is 0 Å². The summed E-state index contributed by atoms with van der Waals surface area (Å²) < 4.78 is 5.28. The number of benzene rings is 1. The molecule has 2 atom stereocenters. The molecule has 0 saturated heterocycles. The Bertz CT molecular complexity index is 364. The van der Waals surface area contributed by atoms with Crippen LogP contribution < -0.4 is 10.1 Å². The lowest BCUT2D eigenvalue weighted by atomic mass is 10.0. The fourth-order valence-corrected chi connectivity index (χ4v) is 2.57. The van der Waals surface area contributed by atoms with Crippen molar-refractivity contribution < 1.29 is 4.74 Å². The third-order valence-electron chi connectivity index (χ3n) is 3.87. The van der Waals surface area contributed by atoms with Gasteiger partial charge < -0.3 is 10.1 Å². The van der Waals surface area contributed by atoms with Crippen molar-refractivity contribution in [3.8, 4) is 5.75 Å². The van der Waals surface area contributed by atoms with Crippen LogP contribution in [0.15, 0.2) is 24.3 Å². The van der Waals surface area contributed by atoms with Gasteiger partial charge in [-0.1, -0.05) is 51.2 Å². The van der Waals surface area contributed by atoms with E-state index in [1.165, 1.54) is 44.1 Å². The Labute approximate surface area is 124 Å². The molecule has 0 heterocycles. The first-order valence-electron chi connectivity index (χ1n) is 8.07. The van der Waals surface area contributed by atoms with Gasteiger partial charge >= 0.3 is 0 Å². The molecule has 0 amide bonds. The predicted molar refractivity (Wildman–Crippen MR) is 87.4 cm³/mol. The van der Waals surface area contributed by atoms with Crippen LogP contribution in [0.2, 0.25) is 0 Å². The van der Waals surface area contributed by atoms with Gasteiger partial charge in [-0.25, -0.2) is 0 Å². The van der Waals surface area contributed by atoms with Gasteiger partial charge in [-0.3, -0.25) is 0 Å². The van der Waals surface area contributed by atoms with Crippen molar-refractivity contribution in [1.82, 2.24) is 5.32 Å². The summed E-state index contributed by atoms with van der Waals surface area (Å²) >= 11 is 0. The molecule has 0 aliphatic carbocycles. The molecule has 0 aliphatic heterocycles. The minimum Gasteiger partial charge on any atom is -0.497 e. The van der Waals surface area contributed by atoms with E-state index >= 15 is 0 Å². The van der Waals surface area contributed by atoms with Crippen LogP contribution in [-0.2, 0) is 0 Å². The van der Waals surface area contributed by atoms with Crippen molar-refractivity contribution >= 4 is 0 Å². The summed E-state index contributed by atoms with van der Waals surface area (Å²) in [6, 6.07) is 9.27. The van der Waals surface area contributed by atoms with Crippen LogP contribution >= 0.6 is 0 Å². The summed E-state index contributed by atoms with van der Waals surface area (Å²) in [4.78, 5) is 0. The van der Waals surface area contributed by atoms with Crippen molar-refractivity contribution in [2.24, 2.45) is 0 Å².